The van der Waals surface area contributed by atoms with E-state index in [-0.39, 0.29) is 23.8 Å². The number of anilines is 1. The Hall–Kier alpha value is -4.27. The molecule has 0 aliphatic carbocycles. The number of rotatable bonds is 8. The van der Waals surface area contributed by atoms with E-state index in [4.69, 9.17) is 9.47 Å². The molecular formula is C24H23N3O6. The Kier molecular flexibility index (Phi) is 7.34. The maximum absolute atomic E-state index is 12.7. The van der Waals surface area contributed by atoms with Gasteiger partial charge in [-0.3, -0.25) is 14.4 Å². The van der Waals surface area contributed by atoms with Gasteiger partial charge in [0.25, 0.3) is 11.5 Å². The minimum absolute atomic E-state index is 0.0937. The molecule has 1 N–H and O–H groups in total. The molecule has 0 bridgehead atoms. The van der Waals surface area contributed by atoms with Crippen LogP contribution < -0.4 is 15.6 Å². The molecule has 1 aromatic heterocycles. The number of hydrogen-bond donors (Lipinski definition) is 1. The third kappa shape index (κ3) is 5.70. The summed E-state index contributed by atoms with van der Waals surface area (Å²) in [6.45, 7) is 4.47. The van der Waals surface area contributed by atoms with Crippen LogP contribution in [0.1, 0.15) is 40.3 Å². The molecule has 0 spiro atoms. The average Bonchev–Trinajstić information content (AvgIpc) is 2.78. The molecule has 0 atom stereocenters. The summed E-state index contributed by atoms with van der Waals surface area (Å²) >= 11 is 0. The number of nitrogens with zero attached hydrogens (tertiary/aromatic N) is 2. The van der Waals surface area contributed by atoms with Gasteiger partial charge in [0.1, 0.15) is 0 Å². The molecular weight excluding hydrogens is 426 g/mol. The van der Waals surface area contributed by atoms with Crippen molar-refractivity contribution < 1.29 is 23.9 Å². The third-order valence-corrected chi connectivity index (χ3v) is 4.62. The fourth-order valence-electron chi connectivity index (χ4n) is 3.02. The maximum Gasteiger partial charge on any atom is 0.362 e. The fraction of sp³-hybridized carbons (Fsp3) is 0.208. The molecule has 0 saturated heterocycles. The number of ether oxygens (including phenoxy) is 2. The second kappa shape index (κ2) is 10.4. The predicted octanol–water partition coefficient (Wildman–Crippen LogP) is 2.94. The van der Waals surface area contributed by atoms with Gasteiger partial charge in [0.2, 0.25) is 5.69 Å². The number of nitrogens with one attached hydrogen (secondary N) is 1. The van der Waals surface area contributed by atoms with Crippen LogP contribution in [0.3, 0.4) is 0 Å². The van der Waals surface area contributed by atoms with E-state index in [0.29, 0.717) is 16.9 Å². The first-order valence-corrected chi connectivity index (χ1v) is 10.2. The van der Waals surface area contributed by atoms with Crippen LogP contribution in [0.2, 0.25) is 0 Å². The van der Waals surface area contributed by atoms with Crippen LogP contribution in [0, 0.1) is 6.92 Å². The molecule has 0 saturated carbocycles. The number of carbonyl (C=O) groups excluding carboxylic acids is 3. The van der Waals surface area contributed by atoms with Crippen molar-refractivity contribution in [2.24, 2.45) is 0 Å². The SMILES string of the molecule is CCOC(=O)c1nn(-c2ccccc2C)c(=O)cc1OCC(=O)Nc1cccc(C(C)=O)c1. The van der Waals surface area contributed by atoms with Crippen LogP contribution >= 0.6 is 0 Å². The Balaban J connectivity index is 1.85. The molecule has 0 aliphatic heterocycles. The second-order valence-electron chi connectivity index (χ2n) is 7.09. The van der Waals surface area contributed by atoms with Gasteiger partial charge in [0.05, 0.1) is 18.4 Å². The summed E-state index contributed by atoms with van der Waals surface area (Å²) < 4.78 is 11.6. The van der Waals surface area contributed by atoms with Crippen molar-refractivity contribution in [3.05, 3.63) is 81.8 Å². The highest BCUT2D eigenvalue weighted by Crippen LogP contribution is 2.18. The Morgan fingerprint density at radius 2 is 1.82 bits per heavy atom. The van der Waals surface area contributed by atoms with Gasteiger partial charge in [-0.15, -0.1) is 0 Å². The monoisotopic (exact) mass is 449 g/mol. The molecule has 170 valence electrons. The molecule has 3 rings (SSSR count). The number of aromatic nitrogens is 2. The van der Waals surface area contributed by atoms with Gasteiger partial charge < -0.3 is 14.8 Å². The largest absolute Gasteiger partial charge is 0.481 e. The van der Waals surface area contributed by atoms with Crippen LogP contribution in [0.25, 0.3) is 5.69 Å². The lowest BCUT2D eigenvalue weighted by atomic mass is 10.1. The van der Waals surface area contributed by atoms with Gasteiger partial charge in [-0.1, -0.05) is 30.3 Å². The molecule has 2 aromatic carbocycles. The quantitative estimate of drug-likeness (QED) is 0.415. The van der Waals surface area contributed by atoms with Crippen molar-refractivity contribution >= 4 is 23.3 Å². The van der Waals surface area contributed by atoms with Gasteiger partial charge >= 0.3 is 5.97 Å². The van der Waals surface area contributed by atoms with Gasteiger partial charge in [0.15, 0.2) is 18.1 Å². The number of Topliss-reactive ketones (excluding diaryl/α,β-unsaturated/α-hetero) is 1. The molecule has 0 radical (unpaired) electrons. The van der Waals surface area contributed by atoms with Crippen molar-refractivity contribution in [3.8, 4) is 11.4 Å². The molecule has 33 heavy (non-hydrogen) atoms. The standard InChI is InChI=1S/C24H23N3O6/c1-4-32-24(31)23-20(13-22(30)27(26-23)19-11-6-5-8-15(19)2)33-14-21(29)25-18-10-7-9-17(12-18)16(3)28/h5-13H,4,14H2,1-3H3,(H,25,29). The molecule has 0 fully saturated rings. The molecule has 9 nitrogen and oxygen atoms in total. The first kappa shape index (κ1) is 23.4. The van der Waals surface area contributed by atoms with Crippen LogP contribution in [0.4, 0.5) is 5.69 Å². The predicted molar refractivity (Wildman–Crippen MR) is 121 cm³/mol. The molecule has 1 heterocycles. The maximum atomic E-state index is 12.7. The van der Waals surface area contributed by atoms with E-state index in [1.165, 1.54) is 13.0 Å². The van der Waals surface area contributed by atoms with E-state index in [1.807, 2.05) is 19.1 Å². The van der Waals surface area contributed by atoms with E-state index in [9.17, 15) is 19.2 Å². The highest BCUT2D eigenvalue weighted by Gasteiger charge is 2.21. The molecule has 0 aliphatic rings. The number of hydrogen-bond acceptors (Lipinski definition) is 7. The number of para-hydroxylation sites is 1. The lowest BCUT2D eigenvalue weighted by Gasteiger charge is -2.13. The zero-order valence-corrected chi connectivity index (χ0v) is 18.5. The number of ketones is 1. The van der Waals surface area contributed by atoms with Gasteiger partial charge in [-0.05, 0) is 44.5 Å². The van der Waals surface area contributed by atoms with Crippen molar-refractivity contribution in [2.45, 2.75) is 20.8 Å². The van der Waals surface area contributed by atoms with E-state index in [2.05, 4.69) is 10.4 Å². The first-order valence-electron chi connectivity index (χ1n) is 10.2. The molecule has 9 heteroatoms. The van der Waals surface area contributed by atoms with Gasteiger partial charge in [-0.2, -0.15) is 9.78 Å². The Morgan fingerprint density at radius 1 is 1.06 bits per heavy atom. The van der Waals surface area contributed by atoms with Crippen LogP contribution in [-0.4, -0.2) is 40.7 Å². The molecule has 0 unspecified atom stereocenters. The Labute approximate surface area is 190 Å². The van der Waals surface area contributed by atoms with Crippen LogP contribution in [-0.2, 0) is 9.53 Å². The summed E-state index contributed by atoms with van der Waals surface area (Å²) in [4.78, 5) is 49.0. The zero-order chi connectivity index (χ0) is 24.0. The van der Waals surface area contributed by atoms with Crippen LogP contribution in [0.5, 0.6) is 5.75 Å². The Morgan fingerprint density at radius 3 is 2.52 bits per heavy atom. The minimum atomic E-state index is -0.788. The van der Waals surface area contributed by atoms with Crippen molar-refractivity contribution in [1.29, 1.82) is 0 Å². The fourth-order valence-corrected chi connectivity index (χ4v) is 3.02. The third-order valence-electron chi connectivity index (χ3n) is 4.62. The van der Waals surface area contributed by atoms with E-state index in [1.54, 1.807) is 37.3 Å². The van der Waals surface area contributed by atoms with Crippen molar-refractivity contribution in [3.63, 3.8) is 0 Å². The molecule has 1 amide bonds. The number of benzene rings is 2. The number of amides is 1. The Bertz CT molecular complexity index is 1270. The lowest BCUT2D eigenvalue weighted by Crippen LogP contribution is -2.27. The number of carbonyl (C=O) groups is 3. The van der Waals surface area contributed by atoms with E-state index in [0.717, 1.165) is 16.3 Å². The van der Waals surface area contributed by atoms with E-state index < -0.39 is 24.0 Å². The summed E-state index contributed by atoms with van der Waals surface area (Å²) in [6, 6.07) is 14.6. The highest BCUT2D eigenvalue weighted by atomic mass is 16.5. The second-order valence-corrected chi connectivity index (χ2v) is 7.09. The van der Waals surface area contributed by atoms with Crippen LogP contribution in [0.15, 0.2) is 59.4 Å². The minimum Gasteiger partial charge on any atom is -0.481 e. The smallest absolute Gasteiger partial charge is 0.362 e. The van der Waals surface area contributed by atoms with Crippen molar-refractivity contribution in [1.82, 2.24) is 9.78 Å². The summed E-state index contributed by atoms with van der Waals surface area (Å²) in [5, 5.41) is 6.75. The van der Waals surface area contributed by atoms with Gasteiger partial charge in [-0.25, -0.2) is 4.79 Å². The lowest BCUT2D eigenvalue weighted by molar-refractivity contribution is -0.118. The van der Waals surface area contributed by atoms with Gasteiger partial charge in [0, 0.05) is 11.3 Å². The topological polar surface area (TPSA) is 117 Å². The van der Waals surface area contributed by atoms with E-state index >= 15 is 0 Å². The number of esters is 1. The summed E-state index contributed by atoms with van der Waals surface area (Å²) in [7, 11) is 0. The molecule has 3 aromatic rings. The summed E-state index contributed by atoms with van der Waals surface area (Å²) in [5.41, 5.74) is 1.37. The van der Waals surface area contributed by atoms with Crippen molar-refractivity contribution in [2.75, 3.05) is 18.5 Å². The highest BCUT2D eigenvalue weighted by molar-refractivity contribution is 5.97. The normalized spacial score (nSPS) is 10.4. The first-order chi connectivity index (χ1) is 15.8. The zero-order valence-electron chi connectivity index (χ0n) is 18.5. The summed E-state index contributed by atoms with van der Waals surface area (Å²) in [5.74, 6) is -1.64. The summed E-state index contributed by atoms with van der Waals surface area (Å²) in [6.07, 6.45) is 0. The number of aryl methyl sites for hydroxylation is 1. The average molecular weight is 449 g/mol.